The molecule has 5 nitrogen and oxygen atoms in total. The topological polar surface area (TPSA) is 61.8 Å². The van der Waals surface area contributed by atoms with Crippen molar-refractivity contribution in [1.29, 1.82) is 0 Å². The summed E-state index contributed by atoms with van der Waals surface area (Å²) in [5.41, 5.74) is -0.469. The van der Waals surface area contributed by atoms with Gasteiger partial charge in [-0.05, 0) is 53.0 Å². The number of aliphatic hydroxyl groups excluding tert-OH is 1. The van der Waals surface area contributed by atoms with Crippen molar-refractivity contribution < 1.29 is 14.6 Å². The Labute approximate surface area is 122 Å². The number of hydrogen-bond donors (Lipinski definition) is 2. The zero-order chi connectivity index (χ0) is 15.2. The molecule has 0 aromatic rings. The summed E-state index contributed by atoms with van der Waals surface area (Å²) < 4.78 is 5.51. The van der Waals surface area contributed by atoms with E-state index in [0.29, 0.717) is 6.42 Å². The second kappa shape index (κ2) is 7.84. The van der Waals surface area contributed by atoms with E-state index in [1.54, 1.807) is 0 Å². The van der Waals surface area contributed by atoms with Gasteiger partial charge in [-0.1, -0.05) is 6.92 Å². The average Bonchev–Trinajstić information content (AvgIpc) is 2.36. The molecule has 1 saturated heterocycles. The van der Waals surface area contributed by atoms with Gasteiger partial charge in [0.05, 0.1) is 6.04 Å². The molecule has 0 unspecified atom stereocenters. The smallest absolute Gasteiger partial charge is 0.410 e. The minimum absolute atomic E-state index is 0.116. The van der Waals surface area contributed by atoms with Crippen molar-refractivity contribution in [1.82, 2.24) is 10.2 Å². The SMILES string of the molecule is CCN[C@H](CCO)[C@@H]1CCCCN1C(=O)OC(C)(C)C. The van der Waals surface area contributed by atoms with E-state index in [9.17, 15) is 9.90 Å². The molecule has 0 aromatic carbocycles. The minimum Gasteiger partial charge on any atom is -0.444 e. The van der Waals surface area contributed by atoms with Crippen LogP contribution in [0.2, 0.25) is 0 Å². The number of likely N-dealkylation sites (tertiary alicyclic amines) is 1. The Kier molecular flexibility index (Phi) is 6.76. The average molecular weight is 286 g/mol. The number of rotatable bonds is 5. The highest BCUT2D eigenvalue weighted by atomic mass is 16.6. The lowest BCUT2D eigenvalue weighted by molar-refractivity contribution is 0.00344. The molecule has 118 valence electrons. The standard InChI is InChI=1S/C15H30N2O3/c1-5-16-12(9-11-18)13-8-6-7-10-17(13)14(19)20-15(2,3)4/h12-13,16,18H,5-11H2,1-4H3/t12-,13+/m1/s1. The molecule has 1 heterocycles. The number of aliphatic hydroxyl groups is 1. The van der Waals surface area contributed by atoms with Crippen LogP contribution in [0.3, 0.4) is 0 Å². The maximum atomic E-state index is 12.4. The summed E-state index contributed by atoms with van der Waals surface area (Å²) in [5.74, 6) is 0. The van der Waals surface area contributed by atoms with E-state index in [4.69, 9.17) is 4.74 Å². The molecule has 0 aliphatic carbocycles. The van der Waals surface area contributed by atoms with Crippen molar-refractivity contribution >= 4 is 6.09 Å². The van der Waals surface area contributed by atoms with Crippen LogP contribution in [-0.2, 0) is 4.74 Å². The van der Waals surface area contributed by atoms with Crippen LogP contribution in [0.25, 0.3) is 0 Å². The molecule has 0 bridgehead atoms. The fourth-order valence-electron chi connectivity index (χ4n) is 2.75. The normalized spacial score (nSPS) is 21.6. The van der Waals surface area contributed by atoms with Crippen LogP contribution in [0.4, 0.5) is 4.79 Å². The second-order valence-corrected chi connectivity index (χ2v) is 6.41. The van der Waals surface area contributed by atoms with Crippen molar-refractivity contribution in [3.8, 4) is 0 Å². The monoisotopic (exact) mass is 286 g/mol. The second-order valence-electron chi connectivity index (χ2n) is 6.41. The summed E-state index contributed by atoms with van der Waals surface area (Å²) in [6, 6.07) is 0.253. The molecule has 1 aliphatic heterocycles. The van der Waals surface area contributed by atoms with E-state index in [0.717, 1.165) is 32.4 Å². The van der Waals surface area contributed by atoms with Crippen LogP contribution in [0.15, 0.2) is 0 Å². The van der Waals surface area contributed by atoms with Gasteiger partial charge in [0, 0.05) is 19.2 Å². The van der Waals surface area contributed by atoms with Gasteiger partial charge in [0.15, 0.2) is 0 Å². The van der Waals surface area contributed by atoms with Gasteiger partial charge in [0.2, 0.25) is 0 Å². The summed E-state index contributed by atoms with van der Waals surface area (Å²) in [7, 11) is 0. The number of nitrogens with one attached hydrogen (secondary N) is 1. The van der Waals surface area contributed by atoms with E-state index in [1.165, 1.54) is 0 Å². The summed E-state index contributed by atoms with van der Waals surface area (Å²) in [4.78, 5) is 14.2. The van der Waals surface area contributed by atoms with Crippen molar-refractivity contribution in [3.05, 3.63) is 0 Å². The van der Waals surface area contributed by atoms with Crippen LogP contribution in [0.1, 0.15) is 53.4 Å². The highest BCUT2D eigenvalue weighted by Crippen LogP contribution is 2.23. The lowest BCUT2D eigenvalue weighted by Gasteiger charge is -2.41. The number of carbonyl (C=O) groups is 1. The molecule has 5 heteroatoms. The van der Waals surface area contributed by atoms with E-state index >= 15 is 0 Å². The van der Waals surface area contributed by atoms with Gasteiger partial charge in [0.25, 0.3) is 0 Å². The Morgan fingerprint density at radius 3 is 2.70 bits per heavy atom. The summed E-state index contributed by atoms with van der Waals surface area (Å²) in [6.07, 6.45) is 3.54. The van der Waals surface area contributed by atoms with Crippen molar-refractivity contribution in [2.75, 3.05) is 19.7 Å². The lowest BCUT2D eigenvalue weighted by Crippen LogP contribution is -2.55. The van der Waals surface area contributed by atoms with E-state index in [1.807, 2.05) is 32.6 Å². The van der Waals surface area contributed by atoms with E-state index in [-0.39, 0.29) is 24.8 Å². The zero-order valence-electron chi connectivity index (χ0n) is 13.3. The molecule has 0 saturated carbocycles. The third kappa shape index (κ3) is 5.29. The van der Waals surface area contributed by atoms with E-state index < -0.39 is 5.60 Å². The Bertz CT molecular complexity index is 296. The third-order valence-corrected chi connectivity index (χ3v) is 3.55. The van der Waals surface area contributed by atoms with Crippen molar-refractivity contribution in [2.45, 2.75) is 71.1 Å². The molecule has 0 spiro atoms. The first-order valence-electron chi connectivity index (χ1n) is 7.73. The molecule has 1 rings (SSSR count). The molecule has 20 heavy (non-hydrogen) atoms. The number of carbonyl (C=O) groups excluding carboxylic acids is 1. The minimum atomic E-state index is -0.469. The predicted molar refractivity (Wildman–Crippen MR) is 79.7 cm³/mol. The third-order valence-electron chi connectivity index (χ3n) is 3.55. The maximum Gasteiger partial charge on any atom is 0.410 e. The van der Waals surface area contributed by atoms with Crippen molar-refractivity contribution in [3.63, 3.8) is 0 Å². The number of amides is 1. The van der Waals surface area contributed by atoms with E-state index in [2.05, 4.69) is 5.32 Å². The van der Waals surface area contributed by atoms with Crippen LogP contribution in [0.5, 0.6) is 0 Å². The summed E-state index contributed by atoms with van der Waals surface area (Å²) >= 11 is 0. The van der Waals surface area contributed by atoms with Crippen LogP contribution in [0, 0.1) is 0 Å². The van der Waals surface area contributed by atoms with Gasteiger partial charge in [-0.25, -0.2) is 4.79 Å². The molecule has 1 aliphatic rings. The Morgan fingerprint density at radius 1 is 1.45 bits per heavy atom. The van der Waals surface area contributed by atoms with Crippen LogP contribution in [-0.4, -0.2) is 53.5 Å². The quantitative estimate of drug-likeness (QED) is 0.813. The Morgan fingerprint density at radius 2 is 2.15 bits per heavy atom. The molecule has 2 N–H and O–H groups in total. The van der Waals surface area contributed by atoms with Gasteiger partial charge < -0.3 is 20.1 Å². The first-order valence-corrected chi connectivity index (χ1v) is 7.73. The fourth-order valence-corrected chi connectivity index (χ4v) is 2.75. The molecule has 2 atom stereocenters. The molecule has 1 fully saturated rings. The van der Waals surface area contributed by atoms with Gasteiger partial charge in [-0.15, -0.1) is 0 Å². The molecule has 0 radical (unpaired) electrons. The summed E-state index contributed by atoms with van der Waals surface area (Å²) in [5, 5.41) is 12.6. The lowest BCUT2D eigenvalue weighted by atomic mass is 9.94. The molecule has 1 amide bonds. The summed E-state index contributed by atoms with van der Waals surface area (Å²) in [6.45, 7) is 9.43. The van der Waals surface area contributed by atoms with Gasteiger partial charge in [-0.3, -0.25) is 0 Å². The zero-order valence-corrected chi connectivity index (χ0v) is 13.3. The number of hydrogen-bond acceptors (Lipinski definition) is 4. The van der Waals surface area contributed by atoms with Crippen LogP contribution < -0.4 is 5.32 Å². The number of nitrogens with zero attached hydrogens (tertiary/aromatic N) is 1. The first kappa shape index (κ1) is 17.2. The molecular weight excluding hydrogens is 256 g/mol. The number of likely N-dealkylation sites (N-methyl/N-ethyl adjacent to an activating group) is 1. The van der Waals surface area contributed by atoms with Crippen LogP contribution >= 0.6 is 0 Å². The highest BCUT2D eigenvalue weighted by Gasteiger charge is 2.34. The Balaban J connectivity index is 2.76. The Hall–Kier alpha value is -0.810. The number of piperidine rings is 1. The van der Waals surface area contributed by atoms with Crippen molar-refractivity contribution in [2.24, 2.45) is 0 Å². The first-order chi connectivity index (χ1) is 9.39. The highest BCUT2D eigenvalue weighted by molar-refractivity contribution is 5.68. The van der Waals surface area contributed by atoms with Gasteiger partial charge in [-0.2, -0.15) is 0 Å². The largest absolute Gasteiger partial charge is 0.444 e. The molecule has 0 aromatic heterocycles. The fraction of sp³-hybridized carbons (Fsp3) is 0.933. The van der Waals surface area contributed by atoms with Gasteiger partial charge >= 0.3 is 6.09 Å². The number of ether oxygens (including phenoxy) is 1. The van der Waals surface area contributed by atoms with Gasteiger partial charge in [0.1, 0.15) is 5.60 Å². The maximum absolute atomic E-state index is 12.4. The molecular formula is C15H30N2O3. The predicted octanol–water partition coefficient (Wildman–Crippen LogP) is 2.14.